The van der Waals surface area contributed by atoms with E-state index in [1.54, 1.807) is 10.6 Å². The van der Waals surface area contributed by atoms with E-state index in [0.717, 1.165) is 29.5 Å². The van der Waals surface area contributed by atoms with Crippen molar-refractivity contribution in [2.45, 2.75) is 25.1 Å². The van der Waals surface area contributed by atoms with E-state index in [1.807, 2.05) is 11.9 Å². The Balaban J connectivity index is 0.000000406. The molecule has 0 amide bonds. The second kappa shape index (κ2) is 9.63. The fourth-order valence-electron chi connectivity index (χ4n) is 3.44. The summed E-state index contributed by atoms with van der Waals surface area (Å²) in [7, 11) is 1.81. The highest BCUT2D eigenvalue weighted by atomic mass is 35.5. The van der Waals surface area contributed by atoms with Crippen LogP contribution in [0.5, 0.6) is 0 Å². The number of anilines is 1. The molecule has 0 unspecified atom stereocenters. The first-order chi connectivity index (χ1) is 15.8. The van der Waals surface area contributed by atoms with Gasteiger partial charge in [-0.2, -0.15) is 13.2 Å². The van der Waals surface area contributed by atoms with Gasteiger partial charge >= 0.3 is 18.1 Å². The highest BCUT2D eigenvalue weighted by Gasteiger charge is 2.38. The van der Waals surface area contributed by atoms with Gasteiger partial charge in [0.2, 0.25) is 5.43 Å². The monoisotopic (exact) mass is 505 g/mol. The third-order valence-electron chi connectivity index (χ3n) is 5.33. The summed E-state index contributed by atoms with van der Waals surface area (Å²) in [5, 5.41) is 20.2. The number of aromatic nitrogens is 1. The molecule has 184 valence electrons. The predicted octanol–water partition coefficient (Wildman–Crippen LogP) is 3.34. The first kappa shape index (κ1) is 25.5. The fourth-order valence-corrected chi connectivity index (χ4v) is 3.70. The number of pyridine rings is 1. The number of benzene rings is 1. The largest absolute Gasteiger partial charge is 0.490 e. The molecule has 1 aromatic carbocycles. The molecular weight excluding hydrogens is 486 g/mol. The number of carboxylic acids is 2. The van der Waals surface area contributed by atoms with Crippen molar-refractivity contribution >= 4 is 40.1 Å². The van der Waals surface area contributed by atoms with E-state index in [2.05, 4.69) is 5.32 Å². The van der Waals surface area contributed by atoms with Gasteiger partial charge in [0.1, 0.15) is 11.4 Å². The third kappa shape index (κ3) is 5.33. The van der Waals surface area contributed by atoms with Crippen LogP contribution in [0.25, 0.3) is 10.9 Å². The summed E-state index contributed by atoms with van der Waals surface area (Å²) in [5.74, 6) is -4.58. The zero-order valence-electron chi connectivity index (χ0n) is 17.7. The van der Waals surface area contributed by atoms with Gasteiger partial charge in [0.05, 0.1) is 11.2 Å². The highest BCUT2D eigenvalue weighted by Crippen LogP contribution is 2.39. The molecule has 2 fully saturated rings. The van der Waals surface area contributed by atoms with Crippen LogP contribution < -0.4 is 15.6 Å². The molecule has 0 bridgehead atoms. The lowest BCUT2D eigenvalue weighted by atomic mass is 10.0. The molecule has 1 saturated carbocycles. The van der Waals surface area contributed by atoms with Gasteiger partial charge < -0.3 is 25.0 Å². The van der Waals surface area contributed by atoms with Gasteiger partial charge in [0.25, 0.3) is 0 Å². The van der Waals surface area contributed by atoms with Crippen molar-refractivity contribution in [3.05, 3.63) is 50.5 Å². The fraction of sp³-hybridized carbons (Fsp3) is 0.381. The van der Waals surface area contributed by atoms with Gasteiger partial charge in [-0.25, -0.2) is 14.0 Å². The second-order valence-electron chi connectivity index (χ2n) is 7.83. The lowest BCUT2D eigenvalue weighted by molar-refractivity contribution is -0.192. The molecule has 1 aromatic heterocycles. The molecule has 3 N–H and O–H groups in total. The summed E-state index contributed by atoms with van der Waals surface area (Å²) in [6, 6.07) is 2.97. The van der Waals surface area contributed by atoms with Gasteiger partial charge in [-0.1, -0.05) is 11.6 Å². The molecule has 2 heterocycles. The van der Waals surface area contributed by atoms with Crippen LogP contribution in [0.2, 0.25) is 0 Å². The van der Waals surface area contributed by atoms with Crippen LogP contribution in [-0.4, -0.2) is 59.6 Å². The minimum atomic E-state index is -5.08. The summed E-state index contributed by atoms with van der Waals surface area (Å²) in [6.45, 7) is 1.64. The first-order valence-electron chi connectivity index (χ1n) is 10.0. The zero-order valence-corrected chi connectivity index (χ0v) is 18.5. The minimum Gasteiger partial charge on any atom is -0.477 e. The maximum Gasteiger partial charge on any atom is 0.490 e. The number of hydrogen-bond acceptors (Lipinski definition) is 5. The topological polar surface area (TPSA) is 112 Å². The first-order valence-corrected chi connectivity index (χ1v) is 10.4. The maximum atomic E-state index is 14.7. The Hall–Kier alpha value is -3.12. The number of likely N-dealkylation sites (N-methyl/N-ethyl adjacent to an activating group) is 1. The van der Waals surface area contributed by atoms with Crippen molar-refractivity contribution in [3.8, 4) is 0 Å². The van der Waals surface area contributed by atoms with E-state index in [9.17, 15) is 32.3 Å². The maximum absolute atomic E-state index is 14.7. The Morgan fingerprint density at radius 1 is 1.21 bits per heavy atom. The Kier molecular flexibility index (Phi) is 7.22. The number of fused-ring (bicyclic) bond motifs is 1. The van der Waals surface area contributed by atoms with Crippen LogP contribution >= 0.6 is 11.6 Å². The van der Waals surface area contributed by atoms with Crippen LogP contribution in [0.15, 0.2) is 33.7 Å². The summed E-state index contributed by atoms with van der Waals surface area (Å²) in [6.07, 6.45) is -1.86. The quantitative estimate of drug-likeness (QED) is 0.534. The zero-order chi connectivity index (χ0) is 25.4. The molecular formula is C21H20ClF4N3O5. The van der Waals surface area contributed by atoms with Crippen molar-refractivity contribution in [1.29, 1.82) is 0 Å². The lowest BCUT2D eigenvalue weighted by Gasteiger charge is -2.37. The Bertz CT molecular complexity index is 1230. The molecule has 34 heavy (non-hydrogen) atoms. The van der Waals surface area contributed by atoms with E-state index >= 15 is 0 Å². The van der Waals surface area contributed by atoms with Gasteiger partial charge in [0, 0.05) is 42.3 Å². The highest BCUT2D eigenvalue weighted by molar-refractivity contribution is 6.30. The van der Waals surface area contributed by atoms with E-state index in [4.69, 9.17) is 21.5 Å². The van der Waals surface area contributed by atoms with Gasteiger partial charge in [-0.3, -0.25) is 4.79 Å². The van der Waals surface area contributed by atoms with Gasteiger partial charge in [0.15, 0.2) is 0 Å². The third-order valence-corrected chi connectivity index (χ3v) is 5.73. The number of rotatable bonds is 5. The smallest absolute Gasteiger partial charge is 0.477 e. The number of nitrogens with one attached hydrogen (secondary N) is 1. The van der Waals surface area contributed by atoms with Crippen LogP contribution in [0.3, 0.4) is 0 Å². The molecule has 8 nitrogen and oxygen atoms in total. The second-order valence-corrected chi connectivity index (χ2v) is 8.29. The summed E-state index contributed by atoms with van der Waals surface area (Å²) in [5.41, 5.74) is 1.04. The summed E-state index contributed by atoms with van der Waals surface area (Å²) >= 11 is 6.21. The van der Waals surface area contributed by atoms with Crippen molar-refractivity contribution in [2.75, 3.05) is 31.6 Å². The average Bonchev–Trinajstić information content (AvgIpc) is 3.53. The van der Waals surface area contributed by atoms with Crippen LogP contribution in [-0.2, 0) is 4.79 Å². The van der Waals surface area contributed by atoms with Crippen LogP contribution in [0, 0.1) is 5.82 Å². The molecule has 4 rings (SSSR count). The van der Waals surface area contributed by atoms with Crippen molar-refractivity contribution < 1.29 is 37.4 Å². The molecule has 2 aromatic rings. The standard InChI is InChI=1S/C19H19ClFN3O3.C2HF3O2/c1-22-6-14(20)10-7-23(8-10)17-5-16-12(4-15(17)21)18(25)13(19(26)27)9-24(16)11-2-3-11;3-2(4,5)1(6)7/h4-5,9,11,22H,2-3,6-8H2,1H3,(H,26,27);(H,6,7). The molecule has 1 aliphatic carbocycles. The molecule has 0 spiro atoms. The number of alkyl halides is 3. The Morgan fingerprint density at radius 2 is 1.79 bits per heavy atom. The summed E-state index contributed by atoms with van der Waals surface area (Å²) in [4.78, 5) is 34.6. The van der Waals surface area contributed by atoms with E-state index < -0.39 is 29.4 Å². The number of aliphatic carboxylic acids is 1. The molecule has 1 saturated heterocycles. The van der Waals surface area contributed by atoms with Crippen molar-refractivity contribution in [3.63, 3.8) is 0 Å². The number of carboxylic acid groups (broad SMARTS) is 2. The summed E-state index contributed by atoms with van der Waals surface area (Å²) < 4.78 is 48.3. The van der Waals surface area contributed by atoms with E-state index in [-0.39, 0.29) is 17.0 Å². The normalized spacial score (nSPS) is 15.5. The van der Waals surface area contributed by atoms with Crippen molar-refractivity contribution in [1.82, 2.24) is 9.88 Å². The number of hydrogen-bond donors (Lipinski definition) is 3. The van der Waals surface area contributed by atoms with Crippen molar-refractivity contribution in [2.24, 2.45) is 0 Å². The van der Waals surface area contributed by atoms with Gasteiger partial charge in [-0.05, 0) is 37.6 Å². The van der Waals surface area contributed by atoms with Crippen LogP contribution in [0.1, 0.15) is 29.2 Å². The Labute approximate surface area is 195 Å². The number of nitrogens with zero attached hydrogens (tertiary/aromatic N) is 2. The number of halogens is 5. The number of aromatic carboxylic acids is 1. The average molecular weight is 506 g/mol. The molecule has 2 aliphatic rings. The molecule has 13 heteroatoms. The van der Waals surface area contributed by atoms with E-state index in [0.29, 0.717) is 30.8 Å². The SMILES string of the molecule is CNCC(Cl)=C1CN(c2cc3c(cc2F)c(=O)c(C(=O)O)cn3C2CC2)C1.O=C(O)C(F)(F)F. The Morgan fingerprint density at radius 3 is 2.26 bits per heavy atom. The molecule has 0 atom stereocenters. The predicted molar refractivity (Wildman–Crippen MR) is 116 cm³/mol. The molecule has 1 aliphatic heterocycles. The number of carbonyl (C=O) groups is 2. The molecule has 0 radical (unpaired) electrons. The van der Waals surface area contributed by atoms with Gasteiger partial charge in [-0.15, -0.1) is 0 Å². The van der Waals surface area contributed by atoms with Crippen LogP contribution in [0.4, 0.5) is 23.2 Å². The lowest BCUT2D eigenvalue weighted by Crippen LogP contribution is -2.42. The van der Waals surface area contributed by atoms with E-state index in [1.165, 1.54) is 6.20 Å². The minimum absolute atomic E-state index is 0.104.